The Morgan fingerprint density at radius 3 is 1.00 bits per heavy atom. The molecule has 0 aliphatic rings. The molecule has 0 radical (unpaired) electrons. The number of halogens is 12. The standard InChI is InChI=1S/C12H8F12N2O2/c13-9(14,15)7(27,10(16,17)18)3-1-4(25)6(5(26)2-3)8(28,11(19,20)21)12(22,23)24/h1-2,27-28H,25-26H2. The maximum absolute atomic E-state index is 12.9. The zero-order valence-electron chi connectivity index (χ0n) is 12.7. The third kappa shape index (κ3) is 3.27. The van der Waals surface area contributed by atoms with Crippen molar-refractivity contribution in [3.63, 3.8) is 0 Å². The number of anilines is 2. The van der Waals surface area contributed by atoms with Gasteiger partial charge in [0, 0.05) is 22.5 Å². The van der Waals surface area contributed by atoms with Gasteiger partial charge >= 0.3 is 24.7 Å². The van der Waals surface area contributed by atoms with E-state index in [0.717, 1.165) is 0 Å². The zero-order valence-corrected chi connectivity index (χ0v) is 12.7. The van der Waals surface area contributed by atoms with Crippen molar-refractivity contribution in [3.05, 3.63) is 23.3 Å². The highest BCUT2D eigenvalue weighted by Gasteiger charge is 2.74. The van der Waals surface area contributed by atoms with Crippen LogP contribution in [0.15, 0.2) is 12.1 Å². The number of hydrogen-bond donors (Lipinski definition) is 4. The smallest absolute Gasteiger partial charge is 0.398 e. The maximum atomic E-state index is 12.9. The fourth-order valence-corrected chi connectivity index (χ4v) is 2.25. The Morgan fingerprint density at radius 1 is 0.536 bits per heavy atom. The zero-order chi connectivity index (χ0) is 22.7. The van der Waals surface area contributed by atoms with E-state index in [1.807, 2.05) is 0 Å². The average molecular weight is 440 g/mol. The second kappa shape index (κ2) is 6.20. The Morgan fingerprint density at radius 2 is 0.786 bits per heavy atom. The highest BCUT2D eigenvalue weighted by molar-refractivity contribution is 5.67. The Labute approximate surface area is 146 Å². The Bertz CT molecular complexity index is 696. The van der Waals surface area contributed by atoms with Gasteiger partial charge in [0.1, 0.15) is 0 Å². The lowest BCUT2D eigenvalue weighted by Crippen LogP contribution is -2.55. The molecule has 0 saturated heterocycles. The van der Waals surface area contributed by atoms with Gasteiger partial charge in [0.25, 0.3) is 11.2 Å². The summed E-state index contributed by atoms with van der Waals surface area (Å²) in [5.74, 6) is 0. The normalized spacial score (nSPS) is 15.1. The van der Waals surface area contributed by atoms with Crippen LogP contribution in [0.1, 0.15) is 11.1 Å². The molecule has 1 aromatic carbocycles. The number of nitrogens with two attached hydrogens (primary N) is 2. The van der Waals surface area contributed by atoms with Gasteiger partial charge in [-0.2, -0.15) is 52.7 Å². The first-order valence-corrected chi connectivity index (χ1v) is 6.45. The van der Waals surface area contributed by atoms with Gasteiger partial charge in [-0.3, -0.25) is 0 Å². The fraction of sp³-hybridized carbons (Fsp3) is 0.500. The number of aliphatic hydroxyl groups is 2. The molecule has 0 heterocycles. The minimum Gasteiger partial charge on any atom is -0.398 e. The predicted molar refractivity (Wildman–Crippen MR) is 67.3 cm³/mol. The monoisotopic (exact) mass is 440 g/mol. The molecule has 162 valence electrons. The van der Waals surface area contributed by atoms with Crippen LogP contribution in [0, 0.1) is 0 Å². The summed E-state index contributed by atoms with van der Waals surface area (Å²) in [5, 5.41) is 18.4. The summed E-state index contributed by atoms with van der Waals surface area (Å²) < 4.78 is 154. The summed E-state index contributed by atoms with van der Waals surface area (Å²) in [6, 6.07) is -1.29. The van der Waals surface area contributed by atoms with E-state index >= 15 is 0 Å². The first-order valence-electron chi connectivity index (χ1n) is 6.45. The van der Waals surface area contributed by atoms with E-state index in [0.29, 0.717) is 0 Å². The molecule has 0 atom stereocenters. The second-order valence-electron chi connectivity index (χ2n) is 5.44. The predicted octanol–water partition coefficient (Wildman–Crippen LogP) is 3.48. The van der Waals surface area contributed by atoms with Crippen molar-refractivity contribution in [1.82, 2.24) is 0 Å². The van der Waals surface area contributed by atoms with Crippen LogP contribution in [0.5, 0.6) is 0 Å². The minimum atomic E-state index is -6.57. The summed E-state index contributed by atoms with van der Waals surface area (Å²) in [5.41, 5.74) is -10.8. The number of benzene rings is 1. The molecule has 1 aromatic rings. The molecule has 6 N–H and O–H groups in total. The summed E-state index contributed by atoms with van der Waals surface area (Å²) in [6.45, 7) is 0. The van der Waals surface area contributed by atoms with Crippen LogP contribution in [-0.2, 0) is 11.2 Å². The topological polar surface area (TPSA) is 92.5 Å². The SMILES string of the molecule is Nc1cc(C(O)(C(F)(F)F)C(F)(F)F)cc(N)c1C(O)(C(F)(F)F)C(F)(F)F. The van der Waals surface area contributed by atoms with Gasteiger partial charge in [-0.1, -0.05) is 0 Å². The van der Waals surface area contributed by atoms with Gasteiger partial charge in [0.15, 0.2) is 0 Å². The van der Waals surface area contributed by atoms with E-state index in [9.17, 15) is 57.8 Å². The minimum absolute atomic E-state index is 0.644. The Kier molecular flexibility index (Phi) is 5.30. The number of nitrogen functional groups attached to an aromatic ring is 2. The number of alkyl halides is 12. The van der Waals surface area contributed by atoms with Crippen molar-refractivity contribution in [2.45, 2.75) is 35.9 Å². The molecular formula is C12H8F12N2O2. The molecule has 0 bridgehead atoms. The van der Waals surface area contributed by atoms with E-state index in [1.165, 1.54) is 0 Å². The molecule has 28 heavy (non-hydrogen) atoms. The lowest BCUT2D eigenvalue weighted by atomic mass is 9.84. The van der Waals surface area contributed by atoms with Crippen molar-refractivity contribution >= 4 is 11.4 Å². The molecule has 0 saturated carbocycles. The van der Waals surface area contributed by atoms with Gasteiger partial charge < -0.3 is 21.7 Å². The molecule has 0 fully saturated rings. The third-order valence-corrected chi connectivity index (χ3v) is 3.62. The lowest BCUT2D eigenvalue weighted by molar-refractivity contribution is -0.377. The molecule has 0 unspecified atom stereocenters. The largest absolute Gasteiger partial charge is 0.430 e. The second-order valence-corrected chi connectivity index (χ2v) is 5.44. The van der Waals surface area contributed by atoms with E-state index in [4.69, 9.17) is 16.6 Å². The van der Waals surface area contributed by atoms with Gasteiger partial charge in [-0.15, -0.1) is 0 Å². The van der Waals surface area contributed by atoms with Crippen molar-refractivity contribution in [1.29, 1.82) is 0 Å². The van der Waals surface area contributed by atoms with Gasteiger partial charge in [-0.05, 0) is 12.1 Å². The van der Waals surface area contributed by atoms with Gasteiger partial charge in [0.2, 0.25) is 0 Å². The van der Waals surface area contributed by atoms with Crippen molar-refractivity contribution < 1.29 is 62.9 Å². The third-order valence-electron chi connectivity index (χ3n) is 3.62. The van der Waals surface area contributed by atoms with E-state index in [-0.39, 0.29) is 0 Å². The van der Waals surface area contributed by atoms with Crippen LogP contribution in [-0.4, -0.2) is 34.9 Å². The first-order chi connectivity index (χ1) is 12.0. The molecule has 16 heteroatoms. The molecule has 1 rings (SSSR count). The molecule has 4 nitrogen and oxygen atoms in total. The molecular weight excluding hydrogens is 432 g/mol. The highest BCUT2D eigenvalue weighted by atomic mass is 19.4. The summed E-state index contributed by atoms with van der Waals surface area (Å²) >= 11 is 0. The van der Waals surface area contributed by atoms with Crippen molar-refractivity contribution in [2.24, 2.45) is 0 Å². The van der Waals surface area contributed by atoms with E-state index in [2.05, 4.69) is 0 Å². The van der Waals surface area contributed by atoms with Crippen LogP contribution in [0.2, 0.25) is 0 Å². The van der Waals surface area contributed by atoms with Crippen LogP contribution < -0.4 is 11.5 Å². The Hall–Kier alpha value is -2.10. The average Bonchev–Trinajstić information content (AvgIpc) is 2.40. The fourth-order valence-electron chi connectivity index (χ4n) is 2.25. The van der Waals surface area contributed by atoms with E-state index in [1.54, 1.807) is 0 Å². The quantitative estimate of drug-likeness (QED) is 0.419. The molecule has 0 spiro atoms. The lowest BCUT2D eigenvalue weighted by Gasteiger charge is -2.36. The van der Waals surface area contributed by atoms with Crippen LogP contribution in [0.3, 0.4) is 0 Å². The van der Waals surface area contributed by atoms with Crippen LogP contribution >= 0.6 is 0 Å². The first kappa shape index (κ1) is 23.9. The molecule has 0 aliphatic carbocycles. The van der Waals surface area contributed by atoms with E-state index < -0.39 is 70.5 Å². The highest BCUT2D eigenvalue weighted by Crippen LogP contribution is 2.55. The maximum Gasteiger partial charge on any atom is 0.430 e. The van der Waals surface area contributed by atoms with Crippen molar-refractivity contribution in [2.75, 3.05) is 11.5 Å². The summed E-state index contributed by atoms with van der Waals surface area (Å²) in [7, 11) is 0. The Balaban J connectivity index is 3.94. The summed E-state index contributed by atoms with van der Waals surface area (Å²) in [4.78, 5) is 0. The van der Waals surface area contributed by atoms with Crippen molar-refractivity contribution in [3.8, 4) is 0 Å². The van der Waals surface area contributed by atoms with Gasteiger partial charge in [-0.25, -0.2) is 0 Å². The van der Waals surface area contributed by atoms with Gasteiger partial charge in [0.05, 0.1) is 0 Å². The van der Waals surface area contributed by atoms with Crippen LogP contribution in [0.25, 0.3) is 0 Å². The molecule has 0 aromatic heterocycles. The summed E-state index contributed by atoms with van der Waals surface area (Å²) in [6.07, 6.45) is -26.2. The number of hydrogen-bond acceptors (Lipinski definition) is 4. The molecule has 0 amide bonds. The molecule has 0 aliphatic heterocycles. The number of rotatable bonds is 2. The van der Waals surface area contributed by atoms with Crippen LogP contribution in [0.4, 0.5) is 64.1 Å².